The molecule has 120 valence electrons. The number of anilines is 1. The molecule has 6 nitrogen and oxygen atoms in total. The summed E-state index contributed by atoms with van der Waals surface area (Å²) in [6.45, 7) is 1.87. The normalized spacial score (nSPS) is 19.7. The molecule has 1 atom stereocenters. The van der Waals surface area contributed by atoms with Crippen LogP contribution in [0.1, 0.15) is 12.0 Å². The molecule has 1 heterocycles. The summed E-state index contributed by atoms with van der Waals surface area (Å²) in [5.74, 6) is -1.53. The molecule has 2 amide bonds. The molecular formula is C14H17BrN2O4S. The summed E-state index contributed by atoms with van der Waals surface area (Å²) in [6.07, 6.45) is 0.370. The average Bonchev–Trinajstić information content (AvgIpc) is 2.81. The lowest BCUT2D eigenvalue weighted by atomic mass is 10.2. The van der Waals surface area contributed by atoms with E-state index in [0.717, 1.165) is 10.0 Å². The fraction of sp³-hybridized carbons (Fsp3) is 0.429. The molecule has 0 aliphatic carbocycles. The highest BCUT2D eigenvalue weighted by Crippen LogP contribution is 2.20. The summed E-state index contributed by atoms with van der Waals surface area (Å²) in [4.78, 5) is 25.3. The standard InChI is InChI=1S/C14H17BrN2O4S/c1-9-7-10(3-4-12(9)15)16-13(18)14(19)17(2)11-5-6-22(20,21)8-11/h3-4,7,11H,5-6,8H2,1-2H3,(H,16,18). The number of likely N-dealkylation sites (N-methyl/N-ethyl adjacent to an activating group) is 1. The number of hydrogen-bond acceptors (Lipinski definition) is 4. The fourth-order valence-corrected chi connectivity index (χ4v) is 4.33. The van der Waals surface area contributed by atoms with Gasteiger partial charge in [0.25, 0.3) is 0 Å². The maximum atomic E-state index is 12.1. The monoisotopic (exact) mass is 388 g/mol. The van der Waals surface area contributed by atoms with Gasteiger partial charge in [-0.3, -0.25) is 9.59 Å². The van der Waals surface area contributed by atoms with Crippen LogP contribution in [0.5, 0.6) is 0 Å². The largest absolute Gasteiger partial charge is 0.333 e. The van der Waals surface area contributed by atoms with Crippen LogP contribution >= 0.6 is 15.9 Å². The van der Waals surface area contributed by atoms with Crippen LogP contribution in [0.4, 0.5) is 5.69 Å². The Bertz CT molecular complexity index is 718. The van der Waals surface area contributed by atoms with Crippen molar-refractivity contribution in [3.8, 4) is 0 Å². The molecule has 2 rings (SSSR count). The summed E-state index contributed by atoms with van der Waals surface area (Å²) in [5.41, 5.74) is 1.45. The number of carbonyl (C=O) groups is 2. The van der Waals surface area contributed by atoms with Crippen LogP contribution in [0.15, 0.2) is 22.7 Å². The second-order valence-corrected chi connectivity index (χ2v) is 8.47. The van der Waals surface area contributed by atoms with Crippen molar-refractivity contribution in [1.29, 1.82) is 0 Å². The summed E-state index contributed by atoms with van der Waals surface area (Å²) >= 11 is 3.36. The van der Waals surface area contributed by atoms with Crippen LogP contribution in [-0.2, 0) is 19.4 Å². The van der Waals surface area contributed by atoms with E-state index in [1.807, 2.05) is 6.92 Å². The minimum absolute atomic E-state index is 0.0583. The zero-order valence-corrected chi connectivity index (χ0v) is 14.7. The summed E-state index contributed by atoms with van der Waals surface area (Å²) in [6, 6.07) is 4.77. The predicted octanol–water partition coefficient (Wildman–Crippen LogP) is 1.34. The maximum Gasteiger partial charge on any atom is 0.313 e. The van der Waals surface area contributed by atoms with Crippen molar-refractivity contribution in [3.05, 3.63) is 28.2 Å². The molecule has 1 aliphatic heterocycles. The van der Waals surface area contributed by atoms with E-state index in [1.165, 1.54) is 11.9 Å². The molecular weight excluding hydrogens is 372 g/mol. The zero-order valence-electron chi connectivity index (χ0n) is 12.3. The van der Waals surface area contributed by atoms with Crippen LogP contribution in [0.3, 0.4) is 0 Å². The van der Waals surface area contributed by atoms with Crippen LogP contribution in [-0.4, -0.2) is 49.7 Å². The number of nitrogens with one attached hydrogen (secondary N) is 1. The van der Waals surface area contributed by atoms with E-state index >= 15 is 0 Å². The molecule has 0 spiro atoms. The number of aryl methyl sites for hydroxylation is 1. The molecule has 1 unspecified atom stereocenters. The van der Waals surface area contributed by atoms with Gasteiger partial charge in [0, 0.05) is 23.2 Å². The number of hydrogen-bond donors (Lipinski definition) is 1. The highest BCUT2D eigenvalue weighted by Gasteiger charge is 2.34. The van der Waals surface area contributed by atoms with E-state index in [-0.39, 0.29) is 11.5 Å². The molecule has 1 saturated heterocycles. The number of sulfone groups is 1. The smallest absolute Gasteiger partial charge is 0.313 e. The second kappa shape index (κ2) is 6.37. The molecule has 1 aromatic carbocycles. The van der Waals surface area contributed by atoms with Crippen molar-refractivity contribution in [2.75, 3.05) is 23.9 Å². The molecule has 22 heavy (non-hydrogen) atoms. The molecule has 0 radical (unpaired) electrons. The van der Waals surface area contributed by atoms with Crippen LogP contribution < -0.4 is 5.32 Å². The number of amides is 2. The highest BCUT2D eigenvalue weighted by atomic mass is 79.9. The number of rotatable bonds is 2. The van der Waals surface area contributed by atoms with Gasteiger partial charge in [0.2, 0.25) is 0 Å². The van der Waals surface area contributed by atoms with Gasteiger partial charge in [-0.15, -0.1) is 0 Å². The van der Waals surface area contributed by atoms with E-state index in [1.54, 1.807) is 18.2 Å². The predicted molar refractivity (Wildman–Crippen MR) is 87.3 cm³/mol. The fourth-order valence-electron chi connectivity index (χ4n) is 2.31. The third-order valence-corrected chi connectivity index (χ3v) is 6.33. The first kappa shape index (κ1) is 17.0. The molecule has 1 aliphatic rings. The van der Waals surface area contributed by atoms with Gasteiger partial charge in [-0.25, -0.2) is 8.42 Å². The van der Waals surface area contributed by atoms with Crippen molar-refractivity contribution in [3.63, 3.8) is 0 Å². The van der Waals surface area contributed by atoms with Crippen LogP contribution in [0.2, 0.25) is 0 Å². The number of nitrogens with zero attached hydrogens (tertiary/aromatic N) is 1. The summed E-state index contributed by atoms with van der Waals surface area (Å²) in [7, 11) is -1.64. The first-order valence-electron chi connectivity index (χ1n) is 6.74. The molecule has 1 fully saturated rings. The Morgan fingerprint density at radius 1 is 1.36 bits per heavy atom. The minimum Gasteiger partial charge on any atom is -0.333 e. The number of benzene rings is 1. The first-order chi connectivity index (χ1) is 10.2. The Morgan fingerprint density at radius 2 is 2.05 bits per heavy atom. The van der Waals surface area contributed by atoms with Gasteiger partial charge in [-0.1, -0.05) is 15.9 Å². The van der Waals surface area contributed by atoms with Gasteiger partial charge in [-0.05, 0) is 37.1 Å². The summed E-state index contributed by atoms with van der Waals surface area (Å²) < 4.78 is 23.8. The third kappa shape index (κ3) is 3.86. The SMILES string of the molecule is Cc1cc(NC(=O)C(=O)N(C)C2CCS(=O)(=O)C2)ccc1Br. The van der Waals surface area contributed by atoms with E-state index in [4.69, 9.17) is 0 Å². The topological polar surface area (TPSA) is 83.6 Å². The molecule has 0 aromatic heterocycles. The van der Waals surface area contributed by atoms with E-state index in [9.17, 15) is 18.0 Å². The van der Waals surface area contributed by atoms with E-state index in [0.29, 0.717) is 12.1 Å². The molecule has 1 aromatic rings. The van der Waals surface area contributed by atoms with E-state index in [2.05, 4.69) is 21.2 Å². The second-order valence-electron chi connectivity index (χ2n) is 5.39. The highest BCUT2D eigenvalue weighted by molar-refractivity contribution is 9.10. The molecule has 0 saturated carbocycles. The lowest BCUT2D eigenvalue weighted by Crippen LogP contribution is -2.43. The Morgan fingerprint density at radius 3 is 2.59 bits per heavy atom. The van der Waals surface area contributed by atoms with Gasteiger partial charge in [0.15, 0.2) is 9.84 Å². The number of carbonyl (C=O) groups excluding carboxylic acids is 2. The Balaban J connectivity index is 2.02. The van der Waals surface area contributed by atoms with Crippen molar-refractivity contribution >= 4 is 43.3 Å². The summed E-state index contributed by atoms with van der Waals surface area (Å²) in [5, 5.41) is 2.53. The molecule has 0 bridgehead atoms. The Hall–Kier alpha value is -1.41. The molecule has 1 N–H and O–H groups in total. The van der Waals surface area contributed by atoms with Crippen LogP contribution in [0, 0.1) is 6.92 Å². The van der Waals surface area contributed by atoms with Crippen LogP contribution in [0.25, 0.3) is 0 Å². The maximum absolute atomic E-state index is 12.1. The van der Waals surface area contributed by atoms with Gasteiger partial charge >= 0.3 is 11.8 Å². The van der Waals surface area contributed by atoms with Gasteiger partial charge in [-0.2, -0.15) is 0 Å². The Labute approximate surface area is 137 Å². The number of halogens is 1. The van der Waals surface area contributed by atoms with Crippen molar-refractivity contribution < 1.29 is 18.0 Å². The third-order valence-electron chi connectivity index (χ3n) is 3.69. The van der Waals surface area contributed by atoms with Crippen molar-refractivity contribution in [2.45, 2.75) is 19.4 Å². The van der Waals surface area contributed by atoms with Crippen molar-refractivity contribution in [1.82, 2.24) is 4.90 Å². The van der Waals surface area contributed by atoms with Gasteiger partial charge in [0.1, 0.15) is 0 Å². The van der Waals surface area contributed by atoms with Crippen molar-refractivity contribution in [2.24, 2.45) is 0 Å². The average molecular weight is 389 g/mol. The lowest BCUT2D eigenvalue weighted by Gasteiger charge is -2.22. The zero-order chi connectivity index (χ0) is 16.5. The van der Waals surface area contributed by atoms with Gasteiger partial charge in [0.05, 0.1) is 11.5 Å². The first-order valence-corrected chi connectivity index (χ1v) is 9.36. The van der Waals surface area contributed by atoms with E-state index < -0.39 is 27.7 Å². The quantitative estimate of drug-likeness (QED) is 0.774. The molecule has 8 heteroatoms. The minimum atomic E-state index is -3.10. The Kier molecular flexibility index (Phi) is 4.91. The van der Waals surface area contributed by atoms with Gasteiger partial charge < -0.3 is 10.2 Å². The lowest BCUT2D eigenvalue weighted by molar-refractivity contribution is -0.143.